The number of aliphatic imine (C=N–C) groups is 1. The van der Waals surface area contributed by atoms with Crippen molar-refractivity contribution < 1.29 is 4.74 Å². The molecule has 3 rings (SSSR count). The molecule has 0 aliphatic rings. The number of nitrogens with zero attached hydrogens (tertiary/aromatic N) is 1. The second kappa shape index (κ2) is 7.27. The smallest absolute Gasteiger partial charge is 0.127 e. The van der Waals surface area contributed by atoms with Gasteiger partial charge in [-0.3, -0.25) is 4.99 Å². The van der Waals surface area contributed by atoms with Crippen molar-refractivity contribution in [3.63, 3.8) is 0 Å². The van der Waals surface area contributed by atoms with Crippen LogP contribution in [0.3, 0.4) is 0 Å². The molecule has 0 aliphatic heterocycles. The average Bonchev–Trinajstić information content (AvgIpc) is 2.62. The van der Waals surface area contributed by atoms with E-state index in [1.165, 1.54) is 0 Å². The monoisotopic (exact) mass is 302 g/mol. The summed E-state index contributed by atoms with van der Waals surface area (Å²) in [7, 11) is 1.66. The molecule has 0 amide bonds. The standard InChI is InChI=1S/C20H18N2O/c1-23-20-10-6-5-7-16(20)15-21-17-11-13-19(14-12-17)22-18-8-3-2-4-9-18/h2-15,22H,1H3. The Labute approximate surface area is 136 Å². The summed E-state index contributed by atoms with van der Waals surface area (Å²) in [6.45, 7) is 0. The van der Waals surface area contributed by atoms with Crippen molar-refractivity contribution >= 4 is 23.3 Å². The molecule has 3 nitrogen and oxygen atoms in total. The van der Waals surface area contributed by atoms with Crippen LogP contribution < -0.4 is 10.1 Å². The molecule has 23 heavy (non-hydrogen) atoms. The topological polar surface area (TPSA) is 33.6 Å². The van der Waals surface area contributed by atoms with Gasteiger partial charge in [0, 0.05) is 23.2 Å². The summed E-state index contributed by atoms with van der Waals surface area (Å²) in [6.07, 6.45) is 1.82. The predicted molar refractivity (Wildman–Crippen MR) is 96.4 cm³/mol. The summed E-state index contributed by atoms with van der Waals surface area (Å²) >= 11 is 0. The van der Waals surface area contributed by atoms with E-state index in [-0.39, 0.29) is 0 Å². The minimum Gasteiger partial charge on any atom is -0.496 e. The first kappa shape index (κ1) is 14.9. The van der Waals surface area contributed by atoms with E-state index in [2.05, 4.69) is 10.3 Å². The van der Waals surface area contributed by atoms with E-state index in [9.17, 15) is 0 Å². The highest BCUT2D eigenvalue weighted by atomic mass is 16.5. The molecule has 0 fully saturated rings. The van der Waals surface area contributed by atoms with Crippen molar-refractivity contribution in [1.82, 2.24) is 0 Å². The van der Waals surface area contributed by atoms with E-state index in [1.54, 1.807) is 7.11 Å². The third kappa shape index (κ3) is 3.98. The number of nitrogens with one attached hydrogen (secondary N) is 1. The fourth-order valence-corrected chi connectivity index (χ4v) is 2.24. The zero-order valence-corrected chi connectivity index (χ0v) is 12.9. The van der Waals surface area contributed by atoms with Gasteiger partial charge in [-0.25, -0.2) is 0 Å². The van der Waals surface area contributed by atoms with Crippen molar-refractivity contribution in [2.24, 2.45) is 4.99 Å². The molecule has 1 N–H and O–H groups in total. The summed E-state index contributed by atoms with van der Waals surface area (Å²) < 4.78 is 5.32. The lowest BCUT2D eigenvalue weighted by atomic mass is 10.2. The number of rotatable bonds is 5. The van der Waals surface area contributed by atoms with Crippen molar-refractivity contribution in [3.05, 3.63) is 84.4 Å². The highest BCUT2D eigenvalue weighted by Crippen LogP contribution is 2.21. The molecule has 114 valence electrons. The Kier molecular flexibility index (Phi) is 4.69. The highest BCUT2D eigenvalue weighted by Gasteiger charge is 1.98. The lowest BCUT2D eigenvalue weighted by Crippen LogP contribution is -1.90. The molecule has 0 bridgehead atoms. The zero-order chi connectivity index (χ0) is 15.9. The summed E-state index contributed by atoms with van der Waals surface area (Å²) in [5, 5.41) is 3.35. The molecule has 0 heterocycles. The minimum absolute atomic E-state index is 0.818. The number of anilines is 2. The van der Waals surface area contributed by atoms with E-state index in [0.717, 1.165) is 28.4 Å². The molecule has 0 saturated heterocycles. The van der Waals surface area contributed by atoms with Gasteiger partial charge in [-0.1, -0.05) is 30.3 Å². The molecule has 0 spiro atoms. The molecule has 3 aromatic carbocycles. The van der Waals surface area contributed by atoms with Gasteiger partial charge in [0.15, 0.2) is 0 Å². The van der Waals surface area contributed by atoms with Gasteiger partial charge in [0.05, 0.1) is 12.8 Å². The van der Waals surface area contributed by atoms with Crippen LogP contribution in [-0.4, -0.2) is 13.3 Å². The first-order chi connectivity index (χ1) is 11.3. The number of para-hydroxylation sites is 2. The molecule has 0 saturated carbocycles. The molecule has 3 aromatic rings. The van der Waals surface area contributed by atoms with Crippen LogP contribution in [0, 0.1) is 0 Å². The fourth-order valence-electron chi connectivity index (χ4n) is 2.24. The Morgan fingerprint density at radius 2 is 1.43 bits per heavy atom. The van der Waals surface area contributed by atoms with Crippen LogP contribution in [0.15, 0.2) is 83.9 Å². The molecule has 0 aromatic heterocycles. The summed E-state index contributed by atoms with van der Waals surface area (Å²) in [5.74, 6) is 0.818. The molecule has 0 unspecified atom stereocenters. The van der Waals surface area contributed by atoms with Crippen LogP contribution >= 0.6 is 0 Å². The third-order valence-corrected chi connectivity index (χ3v) is 3.42. The molecule has 0 aliphatic carbocycles. The quantitative estimate of drug-likeness (QED) is 0.658. The maximum Gasteiger partial charge on any atom is 0.127 e. The van der Waals surface area contributed by atoms with Crippen LogP contribution in [0.1, 0.15) is 5.56 Å². The maximum absolute atomic E-state index is 5.32. The fraction of sp³-hybridized carbons (Fsp3) is 0.0500. The molecule has 0 atom stereocenters. The van der Waals surface area contributed by atoms with Crippen LogP contribution in [-0.2, 0) is 0 Å². The summed E-state index contributed by atoms with van der Waals surface area (Å²) in [6, 6.07) is 25.9. The number of ether oxygens (including phenoxy) is 1. The number of hydrogen-bond donors (Lipinski definition) is 1. The maximum atomic E-state index is 5.32. The van der Waals surface area contributed by atoms with Gasteiger partial charge in [0.1, 0.15) is 5.75 Å². The Bertz CT molecular complexity index is 780. The Hall–Kier alpha value is -3.07. The molecule has 0 radical (unpaired) electrons. The van der Waals surface area contributed by atoms with E-state index in [4.69, 9.17) is 4.74 Å². The average molecular weight is 302 g/mol. The van der Waals surface area contributed by atoms with Crippen molar-refractivity contribution in [2.75, 3.05) is 12.4 Å². The predicted octanol–water partition coefficient (Wildman–Crippen LogP) is 5.19. The SMILES string of the molecule is COc1ccccc1C=Nc1ccc(Nc2ccccc2)cc1. The van der Waals surface area contributed by atoms with Gasteiger partial charge >= 0.3 is 0 Å². The number of benzene rings is 3. The number of methoxy groups -OCH3 is 1. The lowest BCUT2D eigenvalue weighted by Gasteiger charge is -2.06. The lowest BCUT2D eigenvalue weighted by molar-refractivity contribution is 0.414. The first-order valence-corrected chi connectivity index (χ1v) is 7.44. The van der Waals surface area contributed by atoms with Crippen molar-refractivity contribution in [3.8, 4) is 5.75 Å². The van der Waals surface area contributed by atoms with Gasteiger partial charge in [-0.2, -0.15) is 0 Å². The van der Waals surface area contributed by atoms with Gasteiger partial charge < -0.3 is 10.1 Å². The minimum atomic E-state index is 0.818. The molecular weight excluding hydrogens is 284 g/mol. The van der Waals surface area contributed by atoms with Gasteiger partial charge in [0.25, 0.3) is 0 Å². The van der Waals surface area contributed by atoms with E-state index in [1.807, 2.05) is 85.1 Å². The summed E-state index contributed by atoms with van der Waals surface area (Å²) in [4.78, 5) is 4.50. The Morgan fingerprint density at radius 1 is 0.783 bits per heavy atom. The van der Waals surface area contributed by atoms with E-state index >= 15 is 0 Å². The Balaban J connectivity index is 1.71. The van der Waals surface area contributed by atoms with E-state index < -0.39 is 0 Å². The van der Waals surface area contributed by atoms with Crippen molar-refractivity contribution in [1.29, 1.82) is 0 Å². The van der Waals surface area contributed by atoms with Crippen LogP contribution in [0.4, 0.5) is 17.1 Å². The van der Waals surface area contributed by atoms with Crippen LogP contribution in [0.2, 0.25) is 0 Å². The van der Waals surface area contributed by atoms with Gasteiger partial charge in [0.2, 0.25) is 0 Å². The normalized spacial score (nSPS) is 10.7. The second-order valence-corrected chi connectivity index (χ2v) is 5.04. The largest absolute Gasteiger partial charge is 0.496 e. The molecule has 3 heteroatoms. The van der Waals surface area contributed by atoms with Crippen molar-refractivity contribution in [2.45, 2.75) is 0 Å². The zero-order valence-electron chi connectivity index (χ0n) is 12.9. The Morgan fingerprint density at radius 3 is 2.17 bits per heavy atom. The van der Waals surface area contributed by atoms with Gasteiger partial charge in [-0.05, 0) is 48.5 Å². The number of hydrogen-bond acceptors (Lipinski definition) is 3. The third-order valence-electron chi connectivity index (χ3n) is 3.42. The van der Waals surface area contributed by atoms with Crippen LogP contribution in [0.25, 0.3) is 0 Å². The first-order valence-electron chi connectivity index (χ1n) is 7.44. The second-order valence-electron chi connectivity index (χ2n) is 5.04. The molecular formula is C20H18N2O. The van der Waals surface area contributed by atoms with Gasteiger partial charge in [-0.15, -0.1) is 0 Å². The van der Waals surface area contributed by atoms with Crippen LogP contribution in [0.5, 0.6) is 5.75 Å². The summed E-state index contributed by atoms with van der Waals surface area (Å²) in [5.41, 5.74) is 3.96. The van der Waals surface area contributed by atoms with E-state index in [0.29, 0.717) is 0 Å². The highest BCUT2D eigenvalue weighted by molar-refractivity contribution is 5.85.